The van der Waals surface area contributed by atoms with Gasteiger partial charge in [-0.1, -0.05) is 30.3 Å². The number of aryl methyl sites for hydroxylation is 1. The summed E-state index contributed by atoms with van der Waals surface area (Å²) in [6.07, 6.45) is 3.42. The van der Waals surface area contributed by atoms with Crippen LogP contribution in [-0.2, 0) is 20.7 Å². The van der Waals surface area contributed by atoms with Crippen molar-refractivity contribution in [2.75, 3.05) is 13.2 Å². The molecule has 1 fully saturated rings. The van der Waals surface area contributed by atoms with Gasteiger partial charge in [-0.05, 0) is 38.3 Å². The third-order valence-corrected chi connectivity index (χ3v) is 4.69. The van der Waals surface area contributed by atoms with E-state index in [-0.39, 0.29) is 11.9 Å². The van der Waals surface area contributed by atoms with Crippen molar-refractivity contribution in [1.29, 1.82) is 0 Å². The zero-order valence-corrected chi connectivity index (χ0v) is 15.1. The molecule has 5 nitrogen and oxygen atoms in total. The molecular weight excluding hydrogens is 330 g/mol. The molecular formula is C21H25NO4. The van der Waals surface area contributed by atoms with Crippen molar-refractivity contribution in [3.63, 3.8) is 0 Å². The minimum atomic E-state index is -0.437. The van der Waals surface area contributed by atoms with E-state index in [2.05, 4.69) is 0 Å². The third-order valence-electron chi connectivity index (χ3n) is 4.69. The molecule has 0 N–H and O–H groups in total. The van der Waals surface area contributed by atoms with Gasteiger partial charge < -0.3 is 14.1 Å². The van der Waals surface area contributed by atoms with Crippen LogP contribution in [0, 0.1) is 0 Å². The van der Waals surface area contributed by atoms with E-state index in [1.807, 2.05) is 42.5 Å². The lowest BCUT2D eigenvalue weighted by atomic mass is 10.0. The maximum Gasteiger partial charge on any atom is 0.328 e. The predicted molar refractivity (Wildman–Crippen MR) is 98.5 cm³/mol. The summed E-state index contributed by atoms with van der Waals surface area (Å²) in [5.74, 6) is 1.28. The number of likely N-dealkylation sites (tertiary alicyclic amines) is 1. The first-order valence-electron chi connectivity index (χ1n) is 9.29. The van der Waals surface area contributed by atoms with Crippen molar-refractivity contribution >= 4 is 11.9 Å². The zero-order chi connectivity index (χ0) is 18.4. The van der Waals surface area contributed by atoms with Crippen LogP contribution >= 0.6 is 0 Å². The lowest BCUT2D eigenvalue weighted by Gasteiger charge is -2.34. The van der Waals surface area contributed by atoms with E-state index >= 15 is 0 Å². The fourth-order valence-corrected chi connectivity index (χ4v) is 3.36. The van der Waals surface area contributed by atoms with Crippen LogP contribution in [0.5, 0.6) is 0 Å². The topological polar surface area (TPSA) is 59.8 Å². The Kier molecular flexibility index (Phi) is 6.10. The van der Waals surface area contributed by atoms with E-state index in [0.717, 1.165) is 29.9 Å². The standard InChI is InChI=1S/C21H25NO4/c1-2-25-21(24)18-10-6-7-15-22(18)20(23)14-12-17-11-13-19(26-17)16-8-4-3-5-9-16/h3-5,8-9,11,13,18H,2,6-7,10,12,14-15H2,1H3. The molecule has 1 aliphatic rings. The largest absolute Gasteiger partial charge is 0.464 e. The van der Waals surface area contributed by atoms with Crippen molar-refractivity contribution in [2.24, 2.45) is 0 Å². The number of nitrogens with zero attached hydrogens (tertiary/aromatic N) is 1. The first-order valence-corrected chi connectivity index (χ1v) is 9.29. The molecule has 0 radical (unpaired) electrons. The first-order chi connectivity index (χ1) is 12.7. The Morgan fingerprint density at radius 1 is 1.15 bits per heavy atom. The highest BCUT2D eigenvalue weighted by molar-refractivity contribution is 5.84. The van der Waals surface area contributed by atoms with E-state index < -0.39 is 6.04 Å². The molecule has 138 valence electrons. The average Bonchev–Trinajstić information content (AvgIpc) is 3.16. The van der Waals surface area contributed by atoms with Gasteiger partial charge in [-0.15, -0.1) is 0 Å². The molecule has 0 bridgehead atoms. The zero-order valence-electron chi connectivity index (χ0n) is 15.1. The van der Waals surface area contributed by atoms with Gasteiger partial charge in [-0.25, -0.2) is 4.79 Å². The molecule has 0 aliphatic carbocycles. The van der Waals surface area contributed by atoms with Crippen LogP contribution < -0.4 is 0 Å². The van der Waals surface area contributed by atoms with E-state index in [0.29, 0.717) is 32.4 Å². The molecule has 1 aromatic heterocycles. The Morgan fingerprint density at radius 2 is 1.96 bits per heavy atom. The summed E-state index contributed by atoms with van der Waals surface area (Å²) < 4.78 is 11.0. The Morgan fingerprint density at radius 3 is 2.73 bits per heavy atom. The summed E-state index contributed by atoms with van der Waals surface area (Å²) in [6.45, 7) is 2.75. The van der Waals surface area contributed by atoms with Gasteiger partial charge in [0.15, 0.2) is 0 Å². The molecule has 1 atom stereocenters. The van der Waals surface area contributed by atoms with Crippen LogP contribution in [0.3, 0.4) is 0 Å². The normalized spacial score (nSPS) is 17.1. The number of hydrogen-bond acceptors (Lipinski definition) is 4. The average molecular weight is 355 g/mol. The van der Waals surface area contributed by atoms with Crippen LogP contribution in [0.15, 0.2) is 46.9 Å². The first kappa shape index (κ1) is 18.2. The van der Waals surface area contributed by atoms with Gasteiger partial charge in [0, 0.05) is 24.9 Å². The number of rotatable bonds is 6. The number of piperidine rings is 1. The second-order valence-corrected chi connectivity index (χ2v) is 6.48. The number of carbonyl (C=O) groups excluding carboxylic acids is 2. The highest BCUT2D eigenvalue weighted by atomic mass is 16.5. The van der Waals surface area contributed by atoms with E-state index in [4.69, 9.17) is 9.15 Å². The molecule has 1 unspecified atom stereocenters. The Hall–Kier alpha value is -2.56. The lowest BCUT2D eigenvalue weighted by molar-refractivity contribution is -0.156. The van der Waals surface area contributed by atoms with Crippen LogP contribution in [0.2, 0.25) is 0 Å². The van der Waals surface area contributed by atoms with Crippen molar-refractivity contribution in [1.82, 2.24) is 4.90 Å². The smallest absolute Gasteiger partial charge is 0.328 e. The number of furan rings is 1. The summed E-state index contributed by atoms with van der Waals surface area (Å²) in [5, 5.41) is 0. The van der Waals surface area contributed by atoms with Crippen LogP contribution in [0.1, 0.15) is 38.4 Å². The molecule has 2 heterocycles. The maximum atomic E-state index is 12.6. The second-order valence-electron chi connectivity index (χ2n) is 6.48. The number of benzene rings is 1. The summed E-state index contributed by atoms with van der Waals surface area (Å²) in [5.41, 5.74) is 1.02. The number of esters is 1. The molecule has 1 amide bonds. The number of hydrogen-bond donors (Lipinski definition) is 0. The van der Waals surface area contributed by atoms with Crippen LogP contribution in [0.4, 0.5) is 0 Å². The van der Waals surface area contributed by atoms with Crippen molar-refractivity contribution in [3.8, 4) is 11.3 Å². The van der Waals surface area contributed by atoms with Gasteiger partial charge >= 0.3 is 5.97 Å². The van der Waals surface area contributed by atoms with E-state index in [9.17, 15) is 9.59 Å². The Balaban J connectivity index is 1.59. The Bertz CT molecular complexity index is 737. The van der Waals surface area contributed by atoms with E-state index in [1.54, 1.807) is 11.8 Å². The summed E-state index contributed by atoms with van der Waals surface area (Å²) in [4.78, 5) is 26.4. The minimum absolute atomic E-state index is 0.0135. The van der Waals surface area contributed by atoms with Gasteiger partial charge in [0.2, 0.25) is 5.91 Å². The van der Waals surface area contributed by atoms with E-state index in [1.165, 1.54) is 0 Å². The van der Waals surface area contributed by atoms with Crippen LogP contribution in [-0.4, -0.2) is 36.0 Å². The van der Waals surface area contributed by atoms with Crippen molar-refractivity contribution < 1.29 is 18.7 Å². The number of amides is 1. The summed E-state index contributed by atoms with van der Waals surface area (Å²) >= 11 is 0. The second kappa shape index (κ2) is 8.70. The highest BCUT2D eigenvalue weighted by Gasteiger charge is 2.32. The summed E-state index contributed by atoms with van der Waals surface area (Å²) in [7, 11) is 0. The molecule has 2 aromatic rings. The van der Waals surface area contributed by atoms with Crippen molar-refractivity contribution in [2.45, 2.75) is 45.1 Å². The Labute approximate surface area is 153 Å². The fraction of sp³-hybridized carbons (Fsp3) is 0.429. The molecule has 3 rings (SSSR count). The van der Waals surface area contributed by atoms with Gasteiger partial charge in [0.25, 0.3) is 0 Å². The molecule has 0 spiro atoms. The molecule has 1 aromatic carbocycles. The quantitative estimate of drug-likeness (QED) is 0.739. The predicted octanol–water partition coefficient (Wildman–Crippen LogP) is 3.82. The number of carbonyl (C=O) groups is 2. The van der Waals surface area contributed by atoms with Gasteiger partial charge in [-0.2, -0.15) is 0 Å². The molecule has 1 aliphatic heterocycles. The molecule has 5 heteroatoms. The maximum absolute atomic E-state index is 12.6. The van der Waals surface area contributed by atoms with Gasteiger partial charge in [-0.3, -0.25) is 4.79 Å². The number of ether oxygens (including phenoxy) is 1. The third kappa shape index (κ3) is 4.34. The monoisotopic (exact) mass is 355 g/mol. The van der Waals surface area contributed by atoms with Gasteiger partial charge in [0.05, 0.1) is 6.61 Å². The lowest BCUT2D eigenvalue weighted by Crippen LogP contribution is -2.48. The fourth-order valence-electron chi connectivity index (χ4n) is 3.36. The SMILES string of the molecule is CCOC(=O)C1CCCCN1C(=O)CCc1ccc(-c2ccccc2)o1. The van der Waals surface area contributed by atoms with Crippen molar-refractivity contribution in [3.05, 3.63) is 48.2 Å². The van der Waals surface area contributed by atoms with Crippen LogP contribution in [0.25, 0.3) is 11.3 Å². The van der Waals surface area contributed by atoms with Gasteiger partial charge in [0.1, 0.15) is 17.6 Å². The molecule has 26 heavy (non-hydrogen) atoms. The minimum Gasteiger partial charge on any atom is -0.464 e. The molecule has 0 saturated carbocycles. The molecule has 1 saturated heterocycles. The summed E-state index contributed by atoms with van der Waals surface area (Å²) in [6, 6.07) is 13.3. The highest BCUT2D eigenvalue weighted by Crippen LogP contribution is 2.24.